The maximum Gasteiger partial charge on any atom is 0.338 e. The van der Waals surface area contributed by atoms with E-state index in [0.717, 1.165) is 6.07 Å². The van der Waals surface area contributed by atoms with Crippen molar-refractivity contribution in [1.29, 1.82) is 5.26 Å². The molecule has 0 fully saturated rings. The molecule has 0 atom stereocenters. The monoisotopic (exact) mass is 250 g/mol. The number of nitrogen functional groups attached to an aromatic ring is 1. The van der Waals surface area contributed by atoms with E-state index in [1.165, 1.54) is 12.1 Å². The number of hydrogen-bond donors (Lipinski definition) is 1. The quantitative estimate of drug-likeness (QED) is 0.658. The minimum atomic E-state index is -0.651. The molecule has 0 amide bonds. The number of nitriles is 1. The SMILES string of the molecule is CC(C)(C#N)CCOC(=O)c1ccc(N)c(F)c1. The van der Waals surface area contributed by atoms with Gasteiger partial charge in [-0.3, -0.25) is 0 Å². The molecule has 0 aliphatic rings. The van der Waals surface area contributed by atoms with Gasteiger partial charge in [-0.05, 0) is 38.5 Å². The molecule has 2 N–H and O–H groups in total. The Morgan fingerprint density at radius 1 is 1.56 bits per heavy atom. The van der Waals surface area contributed by atoms with E-state index in [-0.39, 0.29) is 17.9 Å². The van der Waals surface area contributed by atoms with Crippen molar-refractivity contribution in [3.8, 4) is 6.07 Å². The van der Waals surface area contributed by atoms with Crippen LogP contribution in [0.25, 0.3) is 0 Å². The van der Waals surface area contributed by atoms with Crippen LogP contribution < -0.4 is 5.73 Å². The Kier molecular flexibility index (Phi) is 4.27. The van der Waals surface area contributed by atoms with Gasteiger partial charge < -0.3 is 10.5 Å². The zero-order chi connectivity index (χ0) is 13.8. The highest BCUT2D eigenvalue weighted by Gasteiger charge is 2.18. The van der Waals surface area contributed by atoms with Crippen molar-refractivity contribution >= 4 is 11.7 Å². The highest BCUT2D eigenvalue weighted by Crippen LogP contribution is 2.19. The second-order valence-corrected chi connectivity index (χ2v) is 4.62. The van der Waals surface area contributed by atoms with Crippen molar-refractivity contribution in [2.75, 3.05) is 12.3 Å². The lowest BCUT2D eigenvalue weighted by Gasteiger charge is -2.14. The van der Waals surface area contributed by atoms with E-state index in [1.807, 2.05) is 0 Å². The van der Waals surface area contributed by atoms with Gasteiger partial charge in [0.25, 0.3) is 0 Å². The topological polar surface area (TPSA) is 76.1 Å². The fourth-order valence-corrected chi connectivity index (χ4v) is 1.19. The van der Waals surface area contributed by atoms with Crippen LogP contribution in [0.15, 0.2) is 18.2 Å². The number of esters is 1. The summed E-state index contributed by atoms with van der Waals surface area (Å²) in [6.07, 6.45) is 0.423. The lowest BCUT2D eigenvalue weighted by atomic mass is 9.92. The number of rotatable bonds is 4. The van der Waals surface area contributed by atoms with Gasteiger partial charge in [0.2, 0.25) is 0 Å². The number of carbonyl (C=O) groups excluding carboxylic acids is 1. The predicted octanol–water partition coefficient (Wildman–Crippen LogP) is 2.50. The molecule has 96 valence electrons. The normalized spacial score (nSPS) is 10.8. The fraction of sp³-hybridized carbons (Fsp3) is 0.385. The second kappa shape index (κ2) is 5.50. The van der Waals surface area contributed by atoms with Crippen molar-refractivity contribution in [3.05, 3.63) is 29.6 Å². The molecule has 1 aromatic carbocycles. The van der Waals surface area contributed by atoms with Crippen molar-refractivity contribution in [2.24, 2.45) is 5.41 Å². The predicted molar refractivity (Wildman–Crippen MR) is 65.1 cm³/mol. The fourth-order valence-electron chi connectivity index (χ4n) is 1.19. The average molecular weight is 250 g/mol. The van der Waals surface area contributed by atoms with Gasteiger partial charge in [-0.25, -0.2) is 9.18 Å². The maximum atomic E-state index is 13.1. The Labute approximate surface area is 105 Å². The Morgan fingerprint density at radius 2 is 2.22 bits per heavy atom. The molecule has 5 heteroatoms. The molecular formula is C13H15FN2O2. The van der Waals surface area contributed by atoms with Gasteiger partial charge in [0.15, 0.2) is 0 Å². The Bertz CT molecular complexity index is 492. The van der Waals surface area contributed by atoms with Crippen LogP contribution >= 0.6 is 0 Å². The van der Waals surface area contributed by atoms with Gasteiger partial charge in [-0.1, -0.05) is 0 Å². The number of carbonyl (C=O) groups is 1. The molecule has 0 aliphatic heterocycles. The molecule has 1 rings (SSSR count). The third-order valence-electron chi connectivity index (χ3n) is 2.50. The number of nitrogens with zero attached hydrogens (tertiary/aromatic N) is 1. The Morgan fingerprint density at radius 3 is 2.78 bits per heavy atom. The number of ether oxygens (including phenoxy) is 1. The van der Waals surface area contributed by atoms with Crippen LogP contribution in [0.1, 0.15) is 30.6 Å². The summed E-state index contributed by atoms with van der Waals surface area (Å²) in [5.74, 6) is -1.27. The largest absolute Gasteiger partial charge is 0.462 e. The molecule has 0 bridgehead atoms. The van der Waals surface area contributed by atoms with E-state index in [1.54, 1.807) is 13.8 Å². The zero-order valence-corrected chi connectivity index (χ0v) is 10.4. The first-order valence-electron chi connectivity index (χ1n) is 5.49. The van der Waals surface area contributed by atoms with Crippen LogP contribution in [0.3, 0.4) is 0 Å². The summed E-state index contributed by atoms with van der Waals surface area (Å²) < 4.78 is 18.1. The minimum Gasteiger partial charge on any atom is -0.462 e. The van der Waals surface area contributed by atoms with Crippen molar-refractivity contribution in [1.82, 2.24) is 0 Å². The number of halogens is 1. The molecule has 0 heterocycles. The number of benzene rings is 1. The molecular weight excluding hydrogens is 235 g/mol. The number of nitrogens with two attached hydrogens (primary N) is 1. The lowest BCUT2D eigenvalue weighted by molar-refractivity contribution is 0.0474. The highest BCUT2D eigenvalue weighted by molar-refractivity contribution is 5.89. The first kappa shape index (κ1) is 14.0. The van der Waals surface area contributed by atoms with Crippen molar-refractivity contribution < 1.29 is 13.9 Å². The van der Waals surface area contributed by atoms with Crippen LogP contribution in [0, 0.1) is 22.6 Å². The van der Waals surface area contributed by atoms with Crippen LogP contribution in [0.4, 0.5) is 10.1 Å². The molecule has 0 saturated carbocycles. The standard InChI is InChI=1S/C13H15FN2O2/c1-13(2,8-15)5-6-18-12(17)9-3-4-11(16)10(14)7-9/h3-4,7H,5-6,16H2,1-2H3. The minimum absolute atomic E-state index is 0.0165. The van der Waals surface area contributed by atoms with E-state index in [2.05, 4.69) is 6.07 Å². The molecule has 0 aliphatic carbocycles. The van der Waals surface area contributed by atoms with Crippen molar-refractivity contribution in [2.45, 2.75) is 20.3 Å². The van der Waals surface area contributed by atoms with Gasteiger partial charge in [0, 0.05) is 0 Å². The summed E-state index contributed by atoms with van der Waals surface area (Å²) in [7, 11) is 0. The average Bonchev–Trinajstić information content (AvgIpc) is 2.32. The first-order chi connectivity index (χ1) is 8.35. The number of anilines is 1. The molecule has 1 aromatic rings. The van der Waals surface area contributed by atoms with Crippen LogP contribution in [0.2, 0.25) is 0 Å². The van der Waals surface area contributed by atoms with Crippen molar-refractivity contribution in [3.63, 3.8) is 0 Å². The van der Waals surface area contributed by atoms with Crippen LogP contribution in [-0.2, 0) is 4.74 Å². The molecule has 4 nitrogen and oxygen atoms in total. The molecule has 0 spiro atoms. The molecule has 18 heavy (non-hydrogen) atoms. The van der Waals surface area contributed by atoms with Crippen LogP contribution in [-0.4, -0.2) is 12.6 Å². The summed E-state index contributed by atoms with van der Waals surface area (Å²) in [5, 5.41) is 8.79. The van der Waals surface area contributed by atoms with E-state index in [4.69, 9.17) is 15.7 Å². The number of hydrogen-bond acceptors (Lipinski definition) is 4. The summed E-state index contributed by atoms with van der Waals surface area (Å²) in [4.78, 5) is 11.6. The maximum absolute atomic E-state index is 13.1. The van der Waals surface area contributed by atoms with Gasteiger partial charge in [-0.15, -0.1) is 0 Å². The molecule has 0 unspecified atom stereocenters. The Hall–Kier alpha value is -2.09. The van der Waals surface area contributed by atoms with E-state index < -0.39 is 17.2 Å². The first-order valence-corrected chi connectivity index (χ1v) is 5.49. The molecule has 0 saturated heterocycles. The van der Waals surface area contributed by atoms with Gasteiger partial charge in [-0.2, -0.15) is 5.26 Å². The summed E-state index contributed by atoms with van der Waals surface area (Å²) in [5.41, 5.74) is 4.84. The smallest absolute Gasteiger partial charge is 0.338 e. The lowest BCUT2D eigenvalue weighted by Crippen LogP contribution is -2.14. The Balaban J connectivity index is 2.56. The molecule has 0 radical (unpaired) electrons. The third-order valence-corrected chi connectivity index (χ3v) is 2.50. The van der Waals surface area contributed by atoms with E-state index in [0.29, 0.717) is 6.42 Å². The van der Waals surface area contributed by atoms with E-state index in [9.17, 15) is 9.18 Å². The second-order valence-electron chi connectivity index (χ2n) is 4.62. The van der Waals surface area contributed by atoms with Crippen LogP contribution in [0.5, 0.6) is 0 Å². The third kappa shape index (κ3) is 3.74. The summed E-state index contributed by atoms with van der Waals surface area (Å²) in [6.45, 7) is 3.62. The van der Waals surface area contributed by atoms with E-state index >= 15 is 0 Å². The highest BCUT2D eigenvalue weighted by atomic mass is 19.1. The van der Waals surface area contributed by atoms with Gasteiger partial charge in [0.05, 0.1) is 29.3 Å². The molecule has 0 aromatic heterocycles. The van der Waals surface area contributed by atoms with Gasteiger partial charge in [0.1, 0.15) is 5.82 Å². The zero-order valence-electron chi connectivity index (χ0n) is 10.4. The summed E-state index contributed by atoms with van der Waals surface area (Å²) >= 11 is 0. The summed E-state index contributed by atoms with van der Waals surface area (Å²) in [6, 6.07) is 5.85. The van der Waals surface area contributed by atoms with Gasteiger partial charge >= 0.3 is 5.97 Å².